The summed E-state index contributed by atoms with van der Waals surface area (Å²) in [6, 6.07) is 7.39. The Hall–Kier alpha value is -2.58. The molecule has 3 unspecified atom stereocenters. The number of methoxy groups -OCH3 is 1. The van der Waals surface area contributed by atoms with Gasteiger partial charge < -0.3 is 29.9 Å². The van der Waals surface area contributed by atoms with Crippen LogP contribution >= 0.6 is 0 Å². The third-order valence-electron chi connectivity index (χ3n) is 7.36. The van der Waals surface area contributed by atoms with E-state index >= 15 is 0 Å². The van der Waals surface area contributed by atoms with Gasteiger partial charge in [0.05, 0.1) is 13.2 Å². The van der Waals surface area contributed by atoms with E-state index in [9.17, 15) is 9.59 Å². The number of nitrogens with one attached hydrogen (secondary N) is 2. The fourth-order valence-corrected chi connectivity index (χ4v) is 5.37. The number of nitrogens with zero attached hydrogens (tertiary/aromatic N) is 2. The van der Waals surface area contributed by atoms with Crippen LogP contribution in [0.5, 0.6) is 5.75 Å². The van der Waals surface area contributed by atoms with Gasteiger partial charge in [0.25, 0.3) is 5.91 Å². The minimum absolute atomic E-state index is 0.0857. The Morgan fingerprint density at radius 3 is 2.66 bits per heavy atom. The number of benzene rings is 1. The first-order chi connectivity index (χ1) is 17.1. The second-order valence-electron chi connectivity index (χ2n) is 9.82. The zero-order valence-electron chi connectivity index (χ0n) is 21.1. The van der Waals surface area contributed by atoms with Crippen LogP contribution in [0.2, 0.25) is 0 Å². The minimum Gasteiger partial charge on any atom is -0.496 e. The van der Waals surface area contributed by atoms with Crippen molar-refractivity contribution in [3.8, 4) is 5.75 Å². The van der Waals surface area contributed by atoms with E-state index in [4.69, 9.17) is 9.47 Å². The molecule has 4 rings (SSSR count). The molecule has 3 aliphatic rings. The first kappa shape index (κ1) is 25.5. The summed E-state index contributed by atoms with van der Waals surface area (Å²) in [7, 11) is 1.61. The molecule has 0 aromatic heterocycles. The van der Waals surface area contributed by atoms with E-state index in [-0.39, 0.29) is 29.9 Å². The van der Waals surface area contributed by atoms with Crippen molar-refractivity contribution in [3.63, 3.8) is 0 Å². The van der Waals surface area contributed by atoms with Gasteiger partial charge in [-0.05, 0) is 57.3 Å². The van der Waals surface area contributed by atoms with Gasteiger partial charge in [-0.1, -0.05) is 25.1 Å². The van der Waals surface area contributed by atoms with Crippen molar-refractivity contribution in [2.24, 2.45) is 5.92 Å². The molecule has 192 valence electrons. The van der Waals surface area contributed by atoms with Crippen molar-refractivity contribution in [2.75, 3.05) is 52.9 Å². The summed E-state index contributed by atoms with van der Waals surface area (Å²) in [4.78, 5) is 30.5. The number of hydrogen-bond acceptors (Lipinski definition) is 6. The lowest BCUT2D eigenvalue weighted by Crippen LogP contribution is -2.54. The third-order valence-corrected chi connectivity index (χ3v) is 7.36. The molecule has 8 heteroatoms. The first-order valence-electron chi connectivity index (χ1n) is 13.1. The molecular weight excluding hydrogens is 444 g/mol. The number of carbonyl (C=O) groups excluding carboxylic acids is 2. The average molecular weight is 485 g/mol. The lowest BCUT2D eigenvalue weighted by molar-refractivity contribution is -0.134. The van der Waals surface area contributed by atoms with E-state index in [2.05, 4.69) is 27.4 Å². The first-order valence-corrected chi connectivity index (χ1v) is 13.1. The van der Waals surface area contributed by atoms with Crippen molar-refractivity contribution in [2.45, 2.75) is 51.2 Å². The number of morpholine rings is 1. The standard InChI is InChI=1S/C27H40N4O4/c1-3-12-30-14-16-31(17-15-30)13-6-11-28-26(32)21-9-10-24-22(18-21)29-27(33)25(35-24)19-20-7-4-5-8-23(20)34-2/h4-5,7-8,19,21-22,24H,3,6,9-18H2,1-2H3,(H,28,32)(H,29,33)/b25-19+. The van der Waals surface area contributed by atoms with Crippen molar-refractivity contribution in [1.29, 1.82) is 0 Å². The number of fused-ring (bicyclic) bond motifs is 1. The topological polar surface area (TPSA) is 83.1 Å². The van der Waals surface area contributed by atoms with Crippen LogP contribution in [0.1, 0.15) is 44.6 Å². The largest absolute Gasteiger partial charge is 0.496 e. The molecular formula is C27H40N4O4. The molecule has 2 amide bonds. The molecule has 0 spiro atoms. The van der Waals surface area contributed by atoms with Gasteiger partial charge in [0.15, 0.2) is 5.76 Å². The Morgan fingerprint density at radius 1 is 1.17 bits per heavy atom. The van der Waals surface area contributed by atoms with Gasteiger partial charge in [-0.3, -0.25) is 9.59 Å². The Kier molecular flexibility index (Phi) is 9.04. The van der Waals surface area contributed by atoms with Gasteiger partial charge in [0, 0.05) is 44.2 Å². The SMILES string of the molecule is CCCN1CCN(CCCNC(=O)C2CCC3O/C(=C/c4ccccc4OC)C(=O)NC3C2)CC1. The molecule has 8 nitrogen and oxygen atoms in total. The molecule has 0 radical (unpaired) electrons. The Morgan fingerprint density at radius 2 is 1.91 bits per heavy atom. The number of ether oxygens (including phenoxy) is 2. The maximum absolute atomic E-state index is 12.8. The summed E-state index contributed by atoms with van der Waals surface area (Å²) in [5, 5.41) is 6.20. The number of para-hydroxylation sites is 1. The van der Waals surface area contributed by atoms with Gasteiger partial charge in [0.1, 0.15) is 11.9 Å². The Bertz CT molecular complexity index is 897. The van der Waals surface area contributed by atoms with Gasteiger partial charge in [-0.25, -0.2) is 0 Å². The van der Waals surface area contributed by atoms with Crippen molar-refractivity contribution < 1.29 is 19.1 Å². The molecule has 3 atom stereocenters. The summed E-state index contributed by atoms with van der Waals surface area (Å²) in [5.74, 6) is 0.766. The molecule has 2 aliphatic heterocycles. The Balaban J connectivity index is 1.20. The van der Waals surface area contributed by atoms with Gasteiger partial charge in [-0.15, -0.1) is 0 Å². The van der Waals surface area contributed by atoms with Crippen molar-refractivity contribution in [3.05, 3.63) is 35.6 Å². The lowest BCUT2D eigenvalue weighted by atomic mass is 9.82. The number of carbonyl (C=O) groups is 2. The zero-order valence-corrected chi connectivity index (χ0v) is 21.1. The molecule has 1 aromatic carbocycles. The van der Waals surface area contributed by atoms with Crippen LogP contribution in [0.15, 0.2) is 30.0 Å². The smallest absolute Gasteiger partial charge is 0.286 e. The highest BCUT2D eigenvalue weighted by Gasteiger charge is 2.40. The summed E-state index contributed by atoms with van der Waals surface area (Å²) in [6.45, 7) is 9.68. The molecule has 1 saturated carbocycles. The fourth-order valence-electron chi connectivity index (χ4n) is 5.37. The summed E-state index contributed by atoms with van der Waals surface area (Å²) >= 11 is 0. The normalized spacial score (nSPS) is 26.5. The maximum atomic E-state index is 12.8. The van der Waals surface area contributed by atoms with Crippen LogP contribution in [-0.4, -0.2) is 86.7 Å². The second-order valence-corrected chi connectivity index (χ2v) is 9.82. The van der Waals surface area contributed by atoms with Crippen LogP contribution in [0.4, 0.5) is 0 Å². The van der Waals surface area contributed by atoms with E-state index in [1.165, 1.54) is 13.0 Å². The van der Waals surface area contributed by atoms with Gasteiger partial charge in [0.2, 0.25) is 5.91 Å². The van der Waals surface area contributed by atoms with Crippen LogP contribution < -0.4 is 15.4 Å². The maximum Gasteiger partial charge on any atom is 0.286 e. The van der Waals surface area contributed by atoms with Crippen LogP contribution in [0, 0.1) is 5.92 Å². The van der Waals surface area contributed by atoms with E-state index < -0.39 is 0 Å². The number of hydrogen-bond donors (Lipinski definition) is 2. The molecule has 2 heterocycles. The molecule has 3 fully saturated rings. The number of rotatable bonds is 9. The third kappa shape index (κ3) is 6.76. The summed E-state index contributed by atoms with van der Waals surface area (Å²) in [6.07, 6.45) is 5.93. The molecule has 2 saturated heterocycles. The molecule has 35 heavy (non-hydrogen) atoms. The van der Waals surface area contributed by atoms with Gasteiger partial charge >= 0.3 is 0 Å². The molecule has 1 aromatic rings. The molecule has 2 N–H and O–H groups in total. The highest BCUT2D eigenvalue weighted by molar-refractivity contribution is 5.97. The zero-order chi connectivity index (χ0) is 24.6. The highest BCUT2D eigenvalue weighted by Crippen LogP contribution is 2.32. The molecule has 1 aliphatic carbocycles. The van der Waals surface area contributed by atoms with Crippen LogP contribution in [-0.2, 0) is 14.3 Å². The quantitative estimate of drug-likeness (QED) is 0.413. The predicted molar refractivity (Wildman–Crippen MR) is 136 cm³/mol. The lowest BCUT2D eigenvalue weighted by Gasteiger charge is -2.39. The average Bonchev–Trinajstić information content (AvgIpc) is 2.88. The molecule has 0 bridgehead atoms. The van der Waals surface area contributed by atoms with Crippen molar-refractivity contribution >= 4 is 17.9 Å². The predicted octanol–water partition coefficient (Wildman–Crippen LogP) is 2.25. The van der Waals surface area contributed by atoms with Crippen LogP contribution in [0.25, 0.3) is 6.08 Å². The second kappa shape index (κ2) is 12.4. The fraction of sp³-hybridized carbons (Fsp3) is 0.630. The monoisotopic (exact) mass is 484 g/mol. The van der Waals surface area contributed by atoms with E-state index in [0.717, 1.165) is 57.5 Å². The van der Waals surface area contributed by atoms with Crippen molar-refractivity contribution in [1.82, 2.24) is 20.4 Å². The van der Waals surface area contributed by atoms with Crippen LogP contribution in [0.3, 0.4) is 0 Å². The summed E-state index contributed by atoms with van der Waals surface area (Å²) in [5.41, 5.74) is 0.800. The van der Waals surface area contributed by atoms with E-state index in [1.807, 2.05) is 24.3 Å². The van der Waals surface area contributed by atoms with E-state index in [0.29, 0.717) is 24.5 Å². The Labute approximate surface area is 209 Å². The van der Waals surface area contributed by atoms with E-state index in [1.54, 1.807) is 13.2 Å². The minimum atomic E-state index is -0.239. The highest BCUT2D eigenvalue weighted by atomic mass is 16.5. The number of piperazine rings is 1. The number of amides is 2. The van der Waals surface area contributed by atoms with Gasteiger partial charge in [-0.2, -0.15) is 0 Å². The summed E-state index contributed by atoms with van der Waals surface area (Å²) < 4.78 is 11.5.